The lowest BCUT2D eigenvalue weighted by Crippen LogP contribution is -2.26. The van der Waals surface area contributed by atoms with Crippen molar-refractivity contribution in [3.05, 3.63) is 11.9 Å². The standard InChI is InChI=1S/C14H24N4/c1-4-12-17-13(15-3)9-14(18-12)16-11-7-5-10(2)6-8-11/h9-11H,4-8H2,1-3H3,(H2,15,16,17,18). The van der Waals surface area contributed by atoms with Crippen LogP contribution in [0.3, 0.4) is 0 Å². The molecule has 1 aliphatic carbocycles. The van der Waals surface area contributed by atoms with E-state index in [9.17, 15) is 0 Å². The van der Waals surface area contributed by atoms with E-state index in [4.69, 9.17) is 0 Å². The first kappa shape index (κ1) is 13.1. The SMILES string of the molecule is CCc1nc(NC)cc(NC2CCC(C)CC2)n1. The minimum absolute atomic E-state index is 0.575. The van der Waals surface area contributed by atoms with Crippen molar-refractivity contribution in [3.63, 3.8) is 0 Å². The first-order valence-corrected chi connectivity index (χ1v) is 7.03. The summed E-state index contributed by atoms with van der Waals surface area (Å²) in [6, 6.07) is 2.57. The number of rotatable bonds is 4. The topological polar surface area (TPSA) is 49.8 Å². The normalized spacial score (nSPS) is 23.7. The average molecular weight is 248 g/mol. The van der Waals surface area contributed by atoms with Crippen molar-refractivity contribution in [2.75, 3.05) is 17.7 Å². The van der Waals surface area contributed by atoms with Gasteiger partial charge in [0.1, 0.15) is 17.5 Å². The highest BCUT2D eigenvalue weighted by molar-refractivity contribution is 5.47. The van der Waals surface area contributed by atoms with Crippen LogP contribution in [0.1, 0.15) is 45.4 Å². The molecule has 0 bridgehead atoms. The maximum atomic E-state index is 4.55. The van der Waals surface area contributed by atoms with Crippen molar-refractivity contribution < 1.29 is 0 Å². The summed E-state index contributed by atoms with van der Waals surface area (Å²) in [7, 11) is 1.90. The third-order valence-corrected chi connectivity index (χ3v) is 3.71. The quantitative estimate of drug-likeness (QED) is 0.859. The molecule has 100 valence electrons. The second-order valence-electron chi connectivity index (χ2n) is 5.26. The molecule has 0 atom stereocenters. The van der Waals surface area contributed by atoms with Crippen LogP contribution in [0.5, 0.6) is 0 Å². The van der Waals surface area contributed by atoms with Crippen LogP contribution < -0.4 is 10.6 Å². The lowest BCUT2D eigenvalue weighted by molar-refractivity contribution is 0.361. The molecular formula is C14H24N4. The van der Waals surface area contributed by atoms with Gasteiger partial charge in [-0.25, -0.2) is 9.97 Å². The van der Waals surface area contributed by atoms with E-state index in [1.165, 1.54) is 25.7 Å². The average Bonchev–Trinajstić information content (AvgIpc) is 2.41. The second-order valence-corrected chi connectivity index (χ2v) is 5.26. The summed E-state index contributed by atoms with van der Waals surface area (Å²) in [5.41, 5.74) is 0. The van der Waals surface area contributed by atoms with Crippen LogP contribution in [-0.4, -0.2) is 23.1 Å². The maximum Gasteiger partial charge on any atom is 0.132 e. The smallest absolute Gasteiger partial charge is 0.132 e. The van der Waals surface area contributed by atoms with Gasteiger partial charge in [0.25, 0.3) is 0 Å². The second kappa shape index (κ2) is 6.03. The predicted octanol–water partition coefficient (Wildman–Crippen LogP) is 3.07. The Bertz CT molecular complexity index is 361. The van der Waals surface area contributed by atoms with Crippen LogP contribution in [0, 0.1) is 5.92 Å². The van der Waals surface area contributed by atoms with Crippen LogP contribution in [0.25, 0.3) is 0 Å². The zero-order valence-electron chi connectivity index (χ0n) is 11.7. The molecule has 0 unspecified atom stereocenters. The van der Waals surface area contributed by atoms with E-state index in [1.54, 1.807) is 0 Å². The van der Waals surface area contributed by atoms with Crippen molar-refractivity contribution in [2.45, 2.75) is 52.0 Å². The fourth-order valence-electron chi connectivity index (χ4n) is 2.47. The molecule has 1 saturated carbocycles. The molecule has 1 aliphatic rings. The van der Waals surface area contributed by atoms with E-state index in [-0.39, 0.29) is 0 Å². The first-order chi connectivity index (χ1) is 8.71. The van der Waals surface area contributed by atoms with E-state index in [0.717, 1.165) is 29.8 Å². The molecular weight excluding hydrogens is 224 g/mol. The number of anilines is 2. The Morgan fingerprint density at radius 1 is 1.17 bits per heavy atom. The highest BCUT2D eigenvalue weighted by Gasteiger charge is 2.18. The molecule has 0 saturated heterocycles. The van der Waals surface area contributed by atoms with Gasteiger partial charge in [0.2, 0.25) is 0 Å². The largest absolute Gasteiger partial charge is 0.373 e. The van der Waals surface area contributed by atoms with Gasteiger partial charge in [-0.2, -0.15) is 0 Å². The van der Waals surface area contributed by atoms with Crippen molar-refractivity contribution >= 4 is 11.6 Å². The molecule has 1 heterocycles. The minimum atomic E-state index is 0.575. The fourth-order valence-corrected chi connectivity index (χ4v) is 2.47. The zero-order chi connectivity index (χ0) is 13.0. The summed E-state index contributed by atoms with van der Waals surface area (Å²) in [5, 5.41) is 6.65. The third-order valence-electron chi connectivity index (χ3n) is 3.71. The van der Waals surface area contributed by atoms with Gasteiger partial charge < -0.3 is 10.6 Å². The molecule has 4 heteroatoms. The first-order valence-electron chi connectivity index (χ1n) is 7.03. The number of hydrogen-bond donors (Lipinski definition) is 2. The van der Waals surface area contributed by atoms with Crippen LogP contribution in [0.2, 0.25) is 0 Å². The van der Waals surface area contributed by atoms with Crippen LogP contribution in [0.15, 0.2) is 6.07 Å². The van der Waals surface area contributed by atoms with Gasteiger partial charge in [-0.3, -0.25) is 0 Å². The number of aromatic nitrogens is 2. The predicted molar refractivity (Wildman–Crippen MR) is 76.0 cm³/mol. The van der Waals surface area contributed by atoms with E-state index < -0.39 is 0 Å². The van der Waals surface area contributed by atoms with Gasteiger partial charge in [-0.15, -0.1) is 0 Å². The summed E-state index contributed by atoms with van der Waals surface area (Å²) in [6.45, 7) is 4.43. The van der Waals surface area contributed by atoms with Gasteiger partial charge in [0.15, 0.2) is 0 Å². The van der Waals surface area contributed by atoms with E-state index in [0.29, 0.717) is 6.04 Å². The summed E-state index contributed by atoms with van der Waals surface area (Å²) in [4.78, 5) is 8.96. The lowest BCUT2D eigenvalue weighted by Gasteiger charge is -2.27. The number of hydrogen-bond acceptors (Lipinski definition) is 4. The summed E-state index contributed by atoms with van der Waals surface area (Å²) in [6.07, 6.45) is 6.01. The van der Waals surface area contributed by atoms with Crippen molar-refractivity contribution in [3.8, 4) is 0 Å². The molecule has 18 heavy (non-hydrogen) atoms. The van der Waals surface area contributed by atoms with Gasteiger partial charge in [-0.1, -0.05) is 13.8 Å². The van der Waals surface area contributed by atoms with Gasteiger partial charge in [0.05, 0.1) is 0 Å². The molecule has 4 nitrogen and oxygen atoms in total. The number of nitrogens with zero attached hydrogens (tertiary/aromatic N) is 2. The lowest BCUT2D eigenvalue weighted by atomic mass is 9.87. The Kier molecular flexibility index (Phi) is 4.39. The molecule has 1 aromatic heterocycles. The monoisotopic (exact) mass is 248 g/mol. The highest BCUT2D eigenvalue weighted by atomic mass is 15.1. The zero-order valence-corrected chi connectivity index (χ0v) is 11.7. The molecule has 0 amide bonds. The molecule has 0 aromatic carbocycles. The molecule has 0 spiro atoms. The van der Waals surface area contributed by atoms with Crippen molar-refractivity contribution in [2.24, 2.45) is 5.92 Å². The number of nitrogens with one attached hydrogen (secondary N) is 2. The summed E-state index contributed by atoms with van der Waals surface area (Å²) < 4.78 is 0. The molecule has 0 aliphatic heterocycles. The Balaban J connectivity index is 2.03. The molecule has 2 N–H and O–H groups in total. The van der Waals surface area contributed by atoms with E-state index in [2.05, 4.69) is 34.4 Å². The molecule has 1 fully saturated rings. The highest BCUT2D eigenvalue weighted by Crippen LogP contribution is 2.26. The Labute approximate surface area is 110 Å². The summed E-state index contributed by atoms with van der Waals surface area (Å²) in [5.74, 6) is 3.64. The third kappa shape index (κ3) is 3.34. The Hall–Kier alpha value is -1.32. The Morgan fingerprint density at radius 3 is 2.44 bits per heavy atom. The van der Waals surface area contributed by atoms with Crippen molar-refractivity contribution in [1.29, 1.82) is 0 Å². The van der Waals surface area contributed by atoms with Crippen LogP contribution >= 0.6 is 0 Å². The number of aryl methyl sites for hydroxylation is 1. The van der Waals surface area contributed by atoms with E-state index >= 15 is 0 Å². The van der Waals surface area contributed by atoms with Crippen LogP contribution in [-0.2, 0) is 6.42 Å². The summed E-state index contributed by atoms with van der Waals surface area (Å²) >= 11 is 0. The maximum absolute atomic E-state index is 4.55. The fraction of sp³-hybridized carbons (Fsp3) is 0.714. The van der Waals surface area contributed by atoms with E-state index in [1.807, 2.05) is 13.1 Å². The van der Waals surface area contributed by atoms with Crippen LogP contribution in [0.4, 0.5) is 11.6 Å². The van der Waals surface area contributed by atoms with Gasteiger partial charge >= 0.3 is 0 Å². The molecule has 0 radical (unpaired) electrons. The van der Waals surface area contributed by atoms with Gasteiger partial charge in [-0.05, 0) is 31.6 Å². The molecule has 2 rings (SSSR count). The Morgan fingerprint density at radius 2 is 1.83 bits per heavy atom. The van der Waals surface area contributed by atoms with Gasteiger partial charge in [0, 0.05) is 25.6 Å². The van der Waals surface area contributed by atoms with Crippen molar-refractivity contribution in [1.82, 2.24) is 9.97 Å². The minimum Gasteiger partial charge on any atom is -0.373 e. The molecule has 1 aromatic rings.